The summed E-state index contributed by atoms with van der Waals surface area (Å²) in [6.07, 6.45) is 6.29. The summed E-state index contributed by atoms with van der Waals surface area (Å²) in [7, 11) is 0. The highest BCUT2D eigenvalue weighted by Gasteiger charge is 2.31. The van der Waals surface area contributed by atoms with Gasteiger partial charge in [0.15, 0.2) is 5.76 Å². The Labute approximate surface area is 117 Å². The molecule has 1 aromatic rings. The maximum Gasteiger partial charge on any atom is 0.293 e. The minimum atomic E-state index is -0.721. The third kappa shape index (κ3) is 2.22. The number of carbonyl (C=O) groups excluding carboxylic acids is 2. The van der Waals surface area contributed by atoms with Gasteiger partial charge in [0.05, 0.1) is 5.57 Å². The second kappa shape index (κ2) is 5.12. The fourth-order valence-electron chi connectivity index (χ4n) is 3.07. The zero-order chi connectivity index (χ0) is 14.1. The molecule has 2 amide bonds. The molecule has 4 heteroatoms. The van der Waals surface area contributed by atoms with Gasteiger partial charge in [0.2, 0.25) is 0 Å². The molecule has 0 aromatic heterocycles. The summed E-state index contributed by atoms with van der Waals surface area (Å²) in [5.74, 6) is -1.14. The third-order valence-corrected chi connectivity index (χ3v) is 4.18. The Hall–Kier alpha value is -2.10. The number of rotatable bonds is 2. The van der Waals surface area contributed by atoms with Gasteiger partial charge >= 0.3 is 0 Å². The fraction of sp³-hybridized carbons (Fsp3) is 0.375. The van der Waals surface area contributed by atoms with E-state index in [-0.39, 0.29) is 5.57 Å². The molecule has 2 N–H and O–H groups in total. The number of aliphatic hydroxyl groups excluding tert-OH is 1. The first-order valence-electron chi connectivity index (χ1n) is 7.06. The molecule has 0 unspecified atom stereocenters. The van der Waals surface area contributed by atoms with E-state index in [0.717, 1.165) is 0 Å². The molecule has 0 radical (unpaired) electrons. The molecule has 0 atom stereocenters. The third-order valence-electron chi connectivity index (χ3n) is 4.18. The highest BCUT2D eigenvalue weighted by atomic mass is 16.3. The van der Waals surface area contributed by atoms with Crippen molar-refractivity contribution in [1.82, 2.24) is 5.32 Å². The van der Waals surface area contributed by atoms with Gasteiger partial charge in [-0.15, -0.1) is 0 Å². The number of imide groups is 1. The molecule has 1 saturated carbocycles. The molecule has 0 bridgehead atoms. The minimum absolute atomic E-state index is 0.0743. The van der Waals surface area contributed by atoms with Crippen LogP contribution in [0.4, 0.5) is 0 Å². The van der Waals surface area contributed by atoms with Crippen molar-refractivity contribution in [2.24, 2.45) is 0 Å². The Balaban J connectivity index is 1.86. The van der Waals surface area contributed by atoms with E-state index in [9.17, 15) is 14.7 Å². The van der Waals surface area contributed by atoms with Gasteiger partial charge in [0.1, 0.15) is 0 Å². The first kappa shape index (κ1) is 12.9. The summed E-state index contributed by atoms with van der Waals surface area (Å²) in [6, 6.07) is 7.63. The maximum absolute atomic E-state index is 11.6. The highest BCUT2D eigenvalue weighted by molar-refractivity contribution is 6.35. The van der Waals surface area contributed by atoms with Crippen LogP contribution in [0.2, 0.25) is 0 Å². The molecular weight excluding hydrogens is 254 g/mol. The van der Waals surface area contributed by atoms with E-state index in [1.54, 1.807) is 0 Å². The molecule has 1 fully saturated rings. The molecule has 1 aliphatic carbocycles. The topological polar surface area (TPSA) is 66.4 Å². The smallest absolute Gasteiger partial charge is 0.293 e. The van der Waals surface area contributed by atoms with Gasteiger partial charge in [-0.25, -0.2) is 0 Å². The van der Waals surface area contributed by atoms with Crippen molar-refractivity contribution >= 4 is 17.4 Å². The number of hydrogen-bond donors (Lipinski definition) is 2. The monoisotopic (exact) mass is 271 g/mol. The van der Waals surface area contributed by atoms with Crippen LogP contribution >= 0.6 is 0 Å². The molecule has 0 spiro atoms. The lowest BCUT2D eigenvalue weighted by atomic mass is 9.83. The average molecular weight is 271 g/mol. The van der Waals surface area contributed by atoms with Crippen molar-refractivity contribution in [1.29, 1.82) is 0 Å². The van der Waals surface area contributed by atoms with Crippen molar-refractivity contribution in [3.05, 3.63) is 41.2 Å². The molecule has 20 heavy (non-hydrogen) atoms. The second-order valence-corrected chi connectivity index (χ2v) is 5.46. The molecule has 1 heterocycles. The molecule has 1 aliphatic heterocycles. The van der Waals surface area contributed by atoms with Gasteiger partial charge in [0, 0.05) is 0 Å². The lowest BCUT2D eigenvalue weighted by molar-refractivity contribution is -0.124. The van der Waals surface area contributed by atoms with Crippen LogP contribution in [0.5, 0.6) is 0 Å². The van der Waals surface area contributed by atoms with Crippen molar-refractivity contribution in [2.75, 3.05) is 0 Å². The number of hydrogen-bond acceptors (Lipinski definition) is 3. The van der Waals surface area contributed by atoms with E-state index >= 15 is 0 Å². The van der Waals surface area contributed by atoms with Crippen LogP contribution in [0.3, 0.4) is 0 Å². The first-order chi connectivity index (χ1) is 9.66. The molecule has 1 aromatic carbocycles. The molecular formula is C16H17NO3. The van der Waals surface area contributed by atoms with Crippen LogP contribution in [-0.4, -0.2) is 16.9 Å². The van der Waals surface area contributed by atoms with Gasteiger partial charge in [-0.05, 0) is 29.9 Å². The summed E-state index contributed by atoms with van der Waals surface area (Å²) in [4.78, 5) is 22.9. The van der Waals surface area contributed by atoms with Crippen molar-refractivity contribution in [3.63, 3.8) is 0 Å². The van der Waals surface area contributed by atoms with E-state index < -0.39 is 17.6 Å². The lowest BCUT2D eigenvalue weighted by Gasteiger charge is -2.22. The highest BCUT2D eigenvalue weighted by Crippen LogP contribution is 2.33. The van der Waals surface area contributed by atoms with Crippen molar-refractivity contribution < 1.29 is 14.7 Å². The van der Waals surface area contributed by atoms with Crippen LogP contribution in [0, 0.1) is 0 Å². The Morgan fingerprint density at radius 2 is 1.60 bits per heavy atom. The van der Waals surface area contributed by atoms with Crippen LogP contribution in [0.25, 0.3) is 5.57 Å². The van der Waals surface area contributed by atoms with Crippen LogP contribution in [-0.2, 0) is 9.59 Å². The summed E-state index contributed by atoms with van der Waals surface area (Å²) < 4.78 is 0. The van der Waals surface area contributed by atoms with E-state index in [0.29, 0.717) is 11.5 Å². The number of carbonyl (C=O) groups is 2. The quantitative estimate of drug-likeness (QED) is 0.813. The van der Waals surface area contributed by atoms with E-state index in [1.807, 2.05) is 24.3 Å². The molecule has 0 saturated heterocycles. The van der Waals surface area contributed by atoms with Crippen molar-refractivity contribution in [2.45, 2.75) is 38.0 Å². The molecule has 104 valence electrons. The summed E-state index contributed by atoms with van der Waals surface area (Å²) in [5.41, 5.74) is 1.94. The Morgan fingerprint density at radius 1 is 0.950 bits per heavy atom. The Morgan fingerprint density at radius 3 is 2.15 bits per heavy atom. The van der Waals surface area contributed by atoms with Crippen molar-refractivity contribution in [3.8, 4) is 0 Å². The fourth-order valence-corrected chi connectivity index (χ4v) is 3.07. The van der Waals surface area contributed by atoms with Gasteiger partial charge in [0.25, 0.3) is 11.8 Å². The average Bonchev–Trinajstić information content (AvgIpc) is 2.73. The molecule has 2 aliphatic rings. The van der Waals surface area contributed by atoms with Gasteiger partial charge in [-0.3, -0.25) is 14.9 Å². The molecule has 3 rings (SSSR count). The summed E-state index contributed by atoms with van der Waals surface area (Å²) >= 11 is 0. The number of benzene rings is 1. The van der Waals surface area contributed by atoms with Gasteiger partial charge in [-0.2, -0.15) is 0 Å². The van der Waals surface area contributed by atoms with Gasteiger partial charge < -0.3 is 5.11 Å². The maximum atomic E-state index is 11.6. The summed E-state index contributed by atoms with van der Waals surface area (Å²) in [5, 5.41) is 11.7. The summed E-state index contributed by atoms with van der Waals surface area (Å²) in [6.45, 7) is 0. The lowest BCUT2D eigenvalue weighted by Crippen LogP contribution is -2.22. The zero-order valence-corrected chi connectivity index (χ0v) is 11.2. The van der Waals surface area contributed by atoms with Crippen LogP contribution in [0.1, 0.15) is 49.1 Å². The Kier molecular flexibility index (Phi) is 3.30. The number of amides is 2. The predicted octanol–water partition coefficient (Wildman–Crippen LogP) is 2.66. The van der Waals surface area contributed by atoms with E-state index in [2.05, 4.69) is 5.32 Å². The number of aliphatic hydroxyl groups is 1. The van der Waals surface area contributed by atoms with Crippen LogP contribution < -0.4 is 5.32 Å². The normalized spacial score (nSPS) is 20.4. The zero-order valence-electron chi connectivity index (χ0n) is 11.2. The van der Waals surface area contributed by atoms with Gasteiger partial charge in [-0.1, -0.05) is 43.5 Å². The second-order valence-electron chi connectivity index (χ2n) is 5.46. The SMILES string of the molecule is O=C1NC(=O)C(c2ccc(C3CCCCC3)cc2)=C1O. The first-order valence-corrected chi connectivity index (χ1v) is 7.06. The Bertz CT molecular complexity index is 580. The minimum Gasteiger partial charge on any atom is -0.502 e. The number of nitrogens with one attached hydrogen (secondary N) is 1. The predicted molar refractivity (Wildman–Crippen MR) is 75.0 cm³/mol. The van der Waals surface area contributed by atoms with Crippen LogP contribution in [0.15, 0.2) is 30.0 Å². The van der Waals surface area contributed by atoms with E-state index in [1.165, 1.54) is 37.7 Å². The standard InChI is InChI=1S/C16H17NO3/c18-14-13(15(19)17-16(14)20)12-8-6-11(7-9-12)10-4-2-1-3-5-10/h6-10H,1-5H2,(H2,17,18,19,20). The van der Waals surface area contributed by atoms with E-state index in [4.69, 9.17) is 0 Å². The molecule has 4 nitrogen and oxygen atoms in total. The largest absolute Gasteiger partial charge is 0.502 e.